The van der Waals surface area contributed by atoms with Crippen LogP contribution in [0.3, 0.4) is 0 Å². The standard InChI is InChI=1S/C18H13FN2OS/c19-17-11-10-14(23-17)12-20-16-9-5-4-8-15(16)18(22)21-13-6-2-1-3-7-13/h1-12H,(H,21,22)/b20-12+. The second kappa shape index (κ2) is 6.98. The summed E-state index contributed by atoms with van der Waals surface area (Å²) in [5.74, 6) is -0.235. The number of benzene rings is 2. The number of carbonyl (C=O) groups excluding carboxylic acids is 1. The summed E-state index contributed by atoms with van der Waals surface area (Å²) in [6.07, 6.45) is 1.56. The van der Waals surface area contributed by atoms with Crippen molar-refractivity contribution in [1.29, 1.82) is 0 Å². The van der Waals surface area contributed by atoms with Crippen LogP contribution in [0.1, 0.15) is 15.2 Å². The van der Waals surface area contributed by atoms with Crippen molar-refractivity contribution in [2.24, 2.45) is 4.99 Å². The lowest BCUT2D eigenvalue weighted by molar-refractivity contribution is 0.102. The number of thiophene rings is 1. The van der Waals surface area contributed by atoms with E-state index in [-0.39, 0.29) is 11.0 Å². The van der Waals surface area contributed by atoms with Gasteiger partial charge in [-0.05, 0) is 36.4 Å². The van der Waals surface area contributed by atoms with Crippen molar-refractivity contribution in [3.05, 3.63) is 82.3 Å². The molecule has 1 amide bonds. The molecule has 3 nitrogen and oxygen atoms in total. The van der Waals surface area contributed by atoms with Gasteiger partial charge in [0.2, 0.25) is 0 Å². The van der Waals surface area contributed by atoms with Crippen LogP contribution in [0, 0.1) is 5.13 Å². The van der Waals surface area contributed by atoms with E-state index in [9.17, 15) is 9.18 Å². The Morgan fingerprint density at radius 3 is 2.48 bits per heavy atom. The summed E-state index contributed by atoms with van der Waals surface area (Å²) in [6.45, 7) is 0. The minimum Gasteiger partial charge on any atom is -0.322 e. The normalized spacial score (nSPS) is 10.8. The van der Waals surface area contributed by atoms with Crippen molar-refractivity contribution in [2.75, 3.05) is 5.32 Å². The van der Waals surface area contributed by atoms with Gasteiger partial charge in [0.25, 0.3) is 5.91 Å². The molecule has 1 aromatic heterocycles. The number of amides is 1. The highest BCUT2D eigenvalue weighted by molar-refractivity contribution is 7.12. The van der Waals surface area contributed by atoms with Crippen LogP contribution in [0.2, 0.25) is 0 Å². The maximum Gasteiger partial charge on any atom is 0.257 e. The molecular formula is C18H13FN2OS. The van der Waals surface area contributed by atoms with Crippen molar-refractivity contribution in [3.63, 3.8) is 0 Å². The Hall–Kier alpha value is -2.79. The number of nitrogens with zero attached hydrogens (tertiary/aromatic N) is 1. The predicted octanol–water partition coefficient (Wildman–Crippen LogP) is 4.89. The number of aliphatic imine (C=N–C) groups is 1. The Balaban J connectivity index is 1.82. The van der Waals surface area contributed by atoms with Crippen LogP contribution in [0.15, 0.2) is 71.7 Å². The number of anilines is 1. The van der Waals surface area contributed by atoms with Crippen LogP contribution in [0.4, 0.5) is 15.8 Å². The van der Waals surface area contributed by atoms with E-state index in [0.29, 0.717) is 16.1 Å². The Bertz CT molecular complexity index is 843. The summed E-state index contributed by atoms with van der Waals surface area (Å²) in [4.78, 5) is 17.4. The first-order valence-corrected chi connectivity index (χ1v) is 7.79. The first-order valence-electron chi connectivity index (χ1n) is 6.97. The fourth-order valence-electron chi connectivity index (χ4n) is 2.03. The molecule has 0 saturated heterocycles. The van der Waals surface area contributed by atoms with Crippen LogP contribution < -0.4 is 5.32 Å². The summed E-state index contributed by atoms with van der Waals surface area (Å²) in [7, 11) is 0. The fourth-order valence-corrected chi connectivity index (χ4v) is 2.63. The van der Waals surface area contributed by atoms with E-state index in [2.05, 4.69) is 10.3 Å². The van der Waals surface area contributed by atoms with Crippen molar-refractivity contribution in [2.45, 2.75) is 0 Å². The Kier molecular flexibility index (Phi) is 4.59. The summed E-state index contributed by atoms with van der Waals surface area (Å²) >= 11 is 1.01. The van der Waals surface area contributed by atoms with Crippen molar-refractivity contribution >= 4 is 34.8 Å². The number of halogens is 1. The molecule has 3 rings (SSSR count). The van der Waals surface area contributed by atoms with Crippen LogP contribution in [0.5, 0.6) is 0 Å². The monoisotopic (exact) mass is 324 g/mol. The van der Waals surface area contributed by atoms with Gasteiger partial charge in [0.05, 0.1) is 11.3 Å². The third kappa shape index (κ3) is 3.90. The largest absolute Gasteiger partial charge is 0.322 e. The SMILES string of the molecule is O=C(Nc1ccccc1)c1ccccc1/N=C/c1ccc(F)s1. The average Bonchev–Trinajstić information content (AvgIpc) is 2.99. The minimum atomic E-state index is -0.262. The van der Waals surface area contributed by atoms with E-state index in [1.165, 1.54) is 6.07 Å². The second-order valence-corrected chi connectivity index (χ2v) is 5.80. The molecular weight excluding hydrogens is 311 g/mol. The Morgan fingerprint density at radius 1 is 1.00 bits per heavy atom. The maximum atomic E-state index is 13.0. The van der Waals surface area contributed by atoms with Gasteiger partial charge in [0.1, 0.15) is 0 Å². The van der Waals surface area contributed by atoms with Crippen LogP contribution in [-0.2, 0) is 0 Å². The summed E-state index contributed by atoms with van der Waals surface area (Å²) in [5, 5.41) is 2.57. The topological polar surface area (TPSA) is 41.5 Å². The van der Waals surface area contributed by atoms with Crippen molar-refractivity contribution in [1.82, 2.24) is 0 Å². The van der Waals surface area contributed by atoms with Crippen LogP contribution in [-0.4, -0.2) is 12.1 Å². The van der Waals surface area contributed by atoms with Gasteiger partial charge in [0, 0.05) is 16.8 Å². The van der Waals surface area contributed by atoms with E-state index in [1.54, 1.807) is 36.5 Å². The maximum absolute atomic E-state index is 13.0. The molecule has 0 fully saturated rings. The van der Waals surface area contributed by atoms with Gasteiger partial charge >= 0.3 is 0 Å². The molecule has 0 aliphatic heterocycles. The smallest absolute Gasteiger partial charge is 0.257 e. The zero-order valence-corrected chi connectivity index (χ0v) is 12.9. The molecule has 0 unspecified atom stereocenters. The second-order valence-electron chi connectivity index (χ2n) is 4.74. The number of para-hydroxylation sites is 2. The van der Waals surface area contributed by atoms with Gasteiger partial charge in [0.15, 0.2) is 5.13 Å². The van der Waals surface area contributed by atoms with Crippen molar-refractivity contribution in [3.8, 4) is 0 Å². The number of carbonyl (C=O) groups is 1. The molecule has 0 bridgehead atoms. The third-order valence-electron chi connectivity index (χ3n) is 3.11. The zero-order valence-electron chi connectivity index (χ0n) is 12.1. The quantitative estimate of drug-likeness (QED) is 0.682. The molecule has 1 N–H and O–H groups in total. The molecule has 114 valence electrons. The molecule has 2 aromatic carbocycles. The minimum absolute atomic E-state index is 0.235. The molecule has 1 heterocycles. The van der Waals surface area contributed by atoms with E-state index in [4.69, 9.17) is 0 Å². The van der Waals surface area contributed by atoms with Gasteiger partial charge in [-0.1, -0.05) is 30.3 Å². The molecule has 0 saturated carbocycles. The van der Waals surface area contributed by atoms with Crippen molar-refractivity contribution < 1.29 is 9.18 Å². The molecule has 0 atom stereocenters. The molecule has 3 aromatic rings. The number of nitrogens with one attached hydrogen (secondary N) is 1. The van der Waals surface area contributed by atoms with E-state index >= 15 is 0 Å². The van der Waals surface area contributed by atoms with Gasteiger partial charge in [-0.2, -0.15) is 4.39 Å². The van der Waals surface area contributed by atoms with Crippen LogP contribution >= 0.6 is 11.3 Å². The third-order valence-corrected chi connectivity index (χ3v) is 3.91. The molecule has 0 spiro atoms. The van der Waals surface area contributed by atoms with Gasteiger partial charge in [-0.3, -0.25) is 9.79 Å². The fraction of sp³-hybridized carbons (Fsp3) is 0. The van der Waals surface area contributed by atoms with Gasteiger partial charge < -0.3 is 5.32 Å². The highest BCUT2D eigenvalue weighted by Gasteiger charge is 2.10. The molecule has 5 heteroatoms. The lowest BCUT2D eigenvalue weighted by atomic mass is 10.1. The van der Waals surface area contributed by atoms with E-state index in [0.717, 1.165) is 17.0 Å². The number of hydrogen-bond donors (Lipinski definition) is 1. The predicted molar refractivity (Wildman–Crippen MR) is 92.4 cm³/mol. The molecule has 23 heavy (non-hydrogen) atoms. The number of rotatable bonds is 4. The summed E-state index contributed by atoms with van der Waals surface area (Å²) in [6, 6.07) is 19.3. The number of hydrogen-bond acceptors (Lipinski definition) is 3. The molecule has 0 radical (unpaired) electrons. The van der Waals surface area contributed by atoms with Gasteiger partial charge in [-0.25, -0.2) is 0 Å². The molecule has 0 aliphatic carbocycles. The molecule has 0 aliphatic rings. The average molecular weight is 324 g/mol. The highest BCUT2D eigenvalue weighted by atomic mass is 32.1. The first kappa shape index (κ1) is 15.1. The zero-order chi connectivity index (χ0) is 16.1. The Morgan fingerprint density at radius 2 is 1.74 bits per heavy atom. The van der Waals surface area contributed by atoms with E-state index in [1.807, 2.05) is 30.3 Å². The lowest BCUT2D eigenvalue weighted by Crippen LogP contribution is -2.11. The summed E-state index contributed by atoms with van der Waals surface area (Å²) in [5.41, 5.74) is 1.72. The first-order chi connectivity index (χ1) is 11.2. The highest BCUT2D eigenvalue weighted by Crippen LogP contribution is 2.21. The van der Waals surface area contributed by atoms with Crippen LogP contribution in [0.25, 0.3) is 0 Å². The Labute approximate surface area is 137 Å². The lowest BCUT2D eigenvalue weighted by Gasteiger charge is -2.07. The van der Waals surface area contributed by atoms with Gasteiger partial charge in [-0.15, -0.1) is 11.3 Å². The van der Waals surface area contributed by atoms with E-state index < -0.39 is 0 Å². The summed E-state index contributed by atoms with van der Waals surface area (Å²) < 4.78 is 13.0.